The average molecular weight is 233 g/mol. The van der Waals surface area contributed by atoms with Crippen molar-refractivity contribution in [3.63, 3.8) is 0 Å². The van der Waals surface area contributed by atoms with Gasteiger partial charge in [0.2, 0.25) is 0 Å². The first kappa shape index (κ1) is 15.1. The smallest absolute Gasteiger partial charge is 0.0260 e. The van der Waals surface area contributed by atoms with E-state index in [2.05, 4.69) is 39.9 Å². The quantitative estimate of drug-likeness (QED) is 0.685. The van der Waals surface area contributed by atoms with E-state index in [-0.39, 0.29) is 5.54 Å². The van der Waals surface area contributed by atoms with Gasteiger partial charge in [0.05, 0.1) is 0 Å². The molecule has 0 bridgehead atoms. The van der Waals surface area contributed by atoms with E-state index in [0.717, 1.165) is 30.9 Å². The number of rotatable bonds is 7. The van der Waals surface area contributed by atoms with E-state index in [9.17, 15) is 4.21 Å². The van der Waals surface area contributed by atoms with Gasteiger partial charge in [0, 0.05) is 27.8 Å². The van der Waals surface area contributed by atoms with Crippen LogP contribution in [-0.4, -0.2) is 27.8 Å². The Morgan fingerprint density at radius 2 is 1.93 bits per heavy atom. The van der Waals surface area contributed by atoms with Gasteiger partial charge in [-0.15, -0.1) is 0 Å². The topological polar surface area (TPSA) is 29.1 Å². The second-order valence-electron chi connectivity index (χ2n) is 5.35. The molecular weight excluding hydrogens is 206 g/mol. The number of nitrogens with one attached hydrogen (secondary N) is 1. The molecule has 0 aliphatic heterocycles. The summed E-state index contributed by atoms with van der Waals surface area (Å²) in [5, 5.41) is 3.41. The van der Waals surface area contributed by atoms with Gasteiger partial charge in [0.1, 0.15) is 0 Å². The molecule has 0 aliphatic carbocycles. The summed E-state index contributed by atoms with van der Waals surface area (Å²) < 4.78 is 11.6. The first-order valence-electron chi connectivity index (χ1n) is 5.95. The molecule has 0 amide bonds. The van der Waals surface area contributed by atoms with Crippen LogP contribution in [0.1, 0.15) is 47.5 Å². The van der Waals surface area contributed by atoms with Crippen LogP contribution in [0.25, 0.3) is 0 Å². The number of hydrogen-bond acceptors (Lipinski definition) is 2. The fourth-order valence-electron chi connectivity index (χ4n) is 1.22. The van der Waals surface area contributed by atoms with E-state index in [1.54, 1.807) is 0 Å². The minimum atomic E-state index is -0.618. The van der Waals surface area contributed by atoms with Crippen LogP contribution in [0, 0.1) is 5.92 Å². The van der Waals surface area contributed by atoms with Crippen molar-refractivity contribution in [2.45, 2.75) is 53.0 Å². The maximum absolute atomic E-state index is 11.6. The molecule has 0 fully saturated rings. The van der Waals surface area contributed by atoms with Gasteiger partial charge >= 0.3 is 0 Å². The molecule has 2 atom stereocenters. The van der Waals surface area contributed by atoms with Gasteiger partial charge in [0.15, 0.2) is 0 Å². The highest BCUT2D eigenvalue weighted by molar-refractivity contribution is 7.84. The van der Waals surface area contributed by atoms with Gasteiger partial charge in [-0.3, -0.25) is 4.21 Å². The molecule has 0 saturated carbocycles. The van der Waals surface area contributed by atoms with E-state index >= 15 is 0 Å². The summed E-state index contributed by atoms with van der Waals surface area (Å²) in [5.74, 6) is 2.31. The molecule has 92 valence electrons. The van der Waals surface area contributed by atoms with Crippen LogP contribution < -0.4 is 5.32 Å². The van der Waals surface area contributed by atoms with Crippen LogP contribution in [0.2, 0.25) is 0 Å². The van der Waals surface area contributed by atoms with Gasteiger partial charge in [0.25, 0.3) is 0 Å². The molecule has 2 unspecified atom stereocenters. The zero-order valence-corrected chi connectivity index (χ0v) is 11.7. The maximum atomic E-state index is 11.6. The molecule has 0 aromatic heterocycles. The highest BCUT2D eigenvalue weighted by atomic mass is 32.2. The third-order valence-corrected chi connectivity index (χ3v) is 4.06. The summed E-state index contributed by atoms with van der Waals surface area (Å²) in [7, 11) is -0.618. The zero-order valence-electron chi connectivity index (χ0n) is 10.9. The average Bonchev–Trinajstić information content (AvgIpc) is 2.11. The highest BCUT2D eigenvalue weighted by Crippen LogP contribution is 2.04. The largest absolute Gasteiger partial charge is 0.312 e. The van der Waals surface area contributed by atoms with Crippen molar-refractivity contribution in [2.75, 3.05) is 18.1 Å². The van der Waals surface area contributed by atoms with Gasteiger partial charge < -0.3 is 5.32 Å². The van der Waals surface area contributed by atoms with Crippen molar-refractivity contribution in [2.24, 2.45) is 5.92 Å². The highest BCUT2D eigenvalue weighted by Gasteiger charge is 2.09. The summed E-state index contributed by atoms with van der Waals surface area (Å²) in [5.41, 5.74) is 0.179. The lowest BCUT2D eigenvalue weighted by atomic mass is 10.1. The minimum Gasteiger partial charge on any atom is -0.312 e. The van der Waals surface area contributed by atoms with E-state index in [1.807, 2.05) is 0 Å². The van der Waals surface area contributed by atoms with Crippen molar-refractivity contribution in [3.8, 4) is 0 Å². The molecule has 0 rings (SSSR count). The summed E-state index contributed by atoms with van der Waals surface area (Å²) in [6.07, 6.45) is 2.15. The van der Waals surface area contributed by atoms with Gasteiger partial charge in [-0.05, 0) is 39.7 Å². The molecule has 0 aromatic rings. The minimum absolute atomic E-state index is 0.179. The van der Waals surface area contributed by atoms with Crippen LogP contribution in [0.15, 0.2) is 0 Å². The Morgan fingerprint density at radius 3 is 2.40 bits per heavy atom. The SMILES string of the molecule is CCC(C)CS(=O)CCCNC(C)(C)C. The third-order valence-electron chi connectivity index (χ3n) is 2.37. The Labute approximate surface area is 97.7 Å². The van der Waals surface area contributed by atoms with Crippen LogP contribution in [-0.2, 0) is 10.8 Å². The summed E-state index contributed by atoms with van der Waals surface area (Å²) in [6.45, 7) is 11.8. The molecule has 15 heavy (non-hydrogen) atoms. The van der Waals surface area contributed by atoms with E-state index < -0.39 is 10.8 Å². The maximum Gasteiger partial charge on any atom is 0.0260 e. The van der Waals surface area contributed by atoms with Crippen molar-refractivity contribution < 1.29 is 4.21 Å². The standard InChI is InChI=1S/C12H27NOS/c1-6-11(2)10-15(14)9-7-8-13-12(3,4)5/h11,13H,6-10H2,1-5H3. The Hall–Kier alpha value is 0.110. The molecule has 0 radical (unpaired) electrons. The molecule has 0 saturated heterocycles. The van der Waals surface area contributed by atoms with Crippen LogP contribution in [0.4, 0.5) is 0 Å². The van der Waals surface area contributed by atoms with Crippen molar-refractivity contribution in [1.82, 2.24) is 5.32 Å². The van der Waals surface area contributed by atoms with Crippen molar-refractivity contribution in [1.29, 1.82) is 0 Å². The first-order chi connectivity index (χ1) is 6.85. The molecule has 3 heteroatoms. The second kappa shape index (κ2) is 7.39. The first-order valence-corrected chi connectivity index (χ1v) is 7.44. The van der Waals surface area contributed by atoms with Crippen LogP contribution in [0.3, 0.4) is 0 Å². The zero-order chi connectivity index (χ0) is 11.9. The predicted molar refractivity (Wildman–Crippen MR) is 69.7 cm³/mol. The fourth-order valence-corrected chi connectivity index (χ4v) is 2.72. The molecule has 0 spiro atoms. The van der Waals surface area contributed by atoms with Gasteiger partial charge in [-0.1, -0.05) is 20.3 Å². The van der Waals surface area contributed by atoms with Crippen molar-refractivity contribution in [3.05, 3.63) is 0 Å². The Kier molecular flexibility index (Phi) is 7.45. The lowest BCUT2D eigenvalue weighted by Gasteiger charge is -2.20. The van der Waals surface area contributed by atoms with Crippen molar-refractivity contribution >= 4 is 10.8 Å². The summed E-state index contributed by atoms with van der Waals surface area (Å²) in [6, 6.07) is 0. The van der Waals surface area contributed by atoms with E-state index in [0.29, 0.717) is 5.92 Å². The fraction of sp³-hybridized carbons (Fsp3) is 1.00. The van der Waals surface area contributed by atoms with Gasteiger partial charge in [-0.25, -0.2) is 0 Å². The molecule has 0 aliphatic rings. The van der Waals surface area contributed by atoms with E-state index in [1.165, 1.54) is 0 Å². The predicted octanol–water partition coefficient (Wildman–Crippen LogP) is 2.56. The van der Waals surface area contributed by atoms with Crippen LogP contribution in [0.5, 0.6) is 0 Å². The lowest BCUT2D eigenvalue weighted by molar-refractivity contribution is 0.427. The Balaban J connectivity index is 3.48. The lowest BCUT2D eigenvalue weighted by Crippen LogP contribution is -2.36. The molecule has 0 heterocycles. The monoisotopic (exact) mass is 233 g/mol. The third kappa shape index (κ3) is 10.4. The molecule has 2 nitrogen and oxygen atoms in total. The Bertz CT molecular complexity index is 187. The molecule has 1 N–H and O–H groups in total. The second-order valence-corrected chi connectivity index (χ2v) is 6.98. The molecule has 0 aromatic carbocycles. The van der Waals surface area contributed by atoms with Gasteiger partial charge in [-0.2, -0.15) is 0 Å². The Morgan fingerprint density at radius 1 is 1.33 bits per heavy atom. The number of hydrogen-bond donors (Lipinski definition) is 1. The normalized spacial score (nSPS) is 16.3. The summed E-state index contributed by atoms with van der Waals surface area (Å²) >= 11 is 0. The molecular formula is C12H27NOS. The van der Waals surface area contributed by atoms with Crippen LogP contribution >= 0.6 is 0 Å². The summed E-state index contributed by atoms with van der Waals surface area (Å²) in [4.78, 5) is 0. The van der Waals surface area contributed by atoms with E-state index in [4.69, 9.17) is 0 Å².